The van der Waals surface area contributed by atoms with Gasteiger partial charge in [0.2, 0.25) is 0 Å². The minimum Gasteiger partial charge on any atom is -0.313 e. The lowest BCUT2D eigenvalue weighted by Gasteiger charge is -2.23. The van der Waals surface area contributed by atoms with Crippen molar-refractivity contribution in [3.05, 3.63) is 34.9 Å². The highest BCUT2D eigenvalue weighted by Gasteiger charge is 2.10. The first-order valence-corrected chi connectivity index (χ1v) is 7.02. The van der Waals surface area contributed by atoms with Gasteiger partial charge < -0.3 is 10.2 Å². The molecule has 1 unspecified atom stereocenters. The minimum absolute atomic E-state index is 0.400. The third kappa shape index (κ3) is 5.38. The summed E-state index contributed by atoms with van der Waals surface area (Å²) in [4.78, 5) is 2.39. The van der Waals surface area contributed by atoms with Crippen LogP contribution in [0.15, 0.2) is 24.3 Å². The van der Waals surface area contributed by atoms with Crippen LogP contribution in [0.25, 0.3) is 0 Å². The van der Waals surface area contributed by atoms with Crippen molar-refractivity contribution in [1.82, 2.24) is 10.2 Å². The highest BCUT2D eigenvalue weighted by atomic mass is 35.5. The van der Waals surface area contributed by atoms with Gasteiger partial charge in [0.05, 0.1) is 0 Å². The summed E-state index contributed by atoms with van der Waals surface area (Å²) >= 11 is 5.92. The quantitative estimate of drug-likeness (QED) is 0.813. The molecular weight excluding hydrogens is 244 g/mol. The minimum atomic E-state index is 0.400. The van der Waals surface area contributed by atoms with Crippen LogP contribution in [0.2, 0.25) is 5.02 Å². The predicted octanol–water partition coefficient (Wildman–Crippen LogP) is 3.58. The van der Waals surface area contributed by atoms with Crippen LogP contribution in [0.3, 0.4) is 0 Å². The molecule has 0 amide bonds. The summed E-state index contributed by atoms with van der Waals surface area (Å²) in [7, 11) is 4.20. The molecule has 1 atom stereocenters. The molecule has 18 heavy (non-hydrogen) atoms. The van der Waals surface area contributed by atoms with Crippen molar-refractivity contribution >= 4 is 11.6 Å². The van der Waals surface area contributed by atoms with Gasteiger partial charge in [-0.2, -0.15) is 0 Å². The maximum absolute atomic E-state index is 5.92. The molecule has 0 saturated carbocycles. The Morgan fingerprint density at radius 3 is 2.33 bits per heavy atom. The van der Waals surface area contributed by atoms with Crippen LogP contribution < -0.4 is 5.32 Å². The maximum Gasteiger partial charge on any atom is 0.0406 e. The topological polar surface area (TPSA) is 15.3 Å². The van der Waals surface area contributed by atoms with Crippen LogP contribution in [0, 0.1) is 5.92 Å². The average molecular weight is 269 g/mol. The zero-order valence-corrected chi connectivity index (χ0v) is 12.7. The Morgan fingerprint density at radius 2 is 1.83 bits per heavy atom. The van der Waals surface area contributed by atoms with E-state index in [1.54, 1.807) is 0 Å². The Morgan fingerprint density at radius 1 is 1.22 bits per heavy atom. The van der Waals surface area contributed by atoms with Crippen LogP contribution in [-0.4, -0.2) is 32.1 Å². The van der Waals surface area contributed by atoms with Crippen molar-refractivity contribution in [2.24, 2.45) is 5.92 Å². The van der Waals surface area contributed by atoms with E-state index in [0.717, 1.165) is 30.5 Å². The van der Waals surface area contributed by atoms with Crippen molar-refractivity contribution in [2.75, 3.05) is 27.2 Å². The van der Waals surface area contributed by atoms with Crippen LogP contribution >= 0.6 is 11.6 Å². The van der Waals surface area contributed by atoms with E-state index in [1.807, 2.05) is 19.2 Å². The first-order chi connectivity index (χ1) is 8.52. The number of nitrogens with one attached hydrogen (secondary N) is 1. The van der Waals surface area contributed by atoms with Gasteiger partial charge in [-0.05, 0) is 50.7 Å². The summed E-state index contributed by atoms with van der Waals surface area (Å²) in [6.45, 7) is 6.76. The largest absolute Gasteiger partial charge is 0.313 e. The summed E-state index contributed by atoms with van der Waals surface area (Å²) < 4.78 is 0. The lowest BCUT2D eigenvalue weighted by Crippen LogP contribution is -2.28. The molecule has 1 rings (SSSR count). The van der Waals surface area contributed by atoms with Gasteiger partial charge in [0.25, 0.3) is 0 Å². The molecule has 0 fully saturated rings. The summed E-state index contributed by atoms with van der Waals surface area (Å²) in [5.74, 6) is 0.721. The first-order valence-electron chi connectivity index (χ1n) is 6.64. The Labute approximate surface area is 116 Å². The van der Waals surface area contributed by atoms with Crippen LogP contribution in [-0.2, 0) is 0 Å². The Bertz CT molecular complexity index is 335. The van der Waals surface area contributed by atoms with E-state index in [9.17, 15) is 0 Å². The molecule has 0 bridgehead atoms. The van der Waals surface area contributed by atoms with E-state index < -0.39 is 0 Å². The second-order valence-corrected chi connectivity index (χ2v) is 5.77. The number of halogens is 1. The van der Waals surface area contributed by atoms with Crippen LogP contribution in [0.1, 0.15) is 31.9 Å². The molecule has 102 valence electrons. The van der Waals surface area contributed by atoms with Gasteiger partial charge in [-0.1, -0.05) is 37.6 Å². The second-order valence-electron chi connectivity index (χ2n) is 5.34. The van der Waals surface area contributed by atoms with Gasteiger partial charge in [-0.25, -0.2) is 0 Å². The zero-order valence-electron chi connectivity index (χ0n) is 11.9. The highest BCUT2D eigenvalue weighted by molar-refractivity contribution is 6.30. The van der Waals surface area contributed by atoms with E-state index in [0.29, 0.717) is 6.04 Å². The van der Waals surface area contributed by atoms with Gasteiger partial charge in [0.15, 0.2) is 0 Å². The summed E-state index contributed by atoms with van der Waals surface area (Å²) in [5.41, 5.74) is 1.31. The summed E-state index contributed by atoms with van der Waals surface area (Å²) in [6, 6.07) is 8.52. The van der Waals surface area contributed by atoms with Crippen molar-refractivity contribution in [3.8, 4) is 0 Å². The number of benzene rings is 1. The van der Waals surface area contributed by atoms with Crippen molar-refractivity contribution < 1.29 is 0 Å². The van der Waals surface area contributed by atoms with Crippen molar-refractivity contribution in [2.45, 2.75) is 26.3 Å². The molecule has 0 spiro atoms. The van der Waals surface area contributed by atoms with Crippen LogP contribution in [0.4, 0.5) is 0 Å². The fraction of sp³-hybridized carbons (Fsp3) is 0.600. The van der Waals surface area contributed by atoms with E-state index in [1.165, 1.54) is 5.56 Å². The zero-order chi connectivity index (χ0) is 13.5. The van der Waals surface area contributed by atoms with E-state index >= 15 is 0 Å². The standard InChI is InChI=1S/C15H25ClN2/c1-12(2)11-18(4)10-9-15(17-3)13-5-7-14(16)8-6-13/h5-8,12,15,17H,9-11H2,1-4H3. The third-order valence-corrected chi connectivity index (χ3v) is 3.35. The van der Waals surface area contributed by atoms with Gasteiger partial charge in [-0.15, -0.1) is 0 Å². The first kappa shape index (κ1) is 15.5. The molecule has 0 radical (unpaired) electrons. The molecule has 0 heterocycles. The SMILES string of the molecule is CNC(CCN(C)CC(C)C)c1ccc(Cl)cc1. The highest BCUT2D eigenvalue weighted by Crippen LogP contribution is 2.19. The molecule has 0 aliphatic rings. The van der Waals surface area contributed by atoms with E-state index in [2.05, 4.69) is 43.2 Å². The lowest BCUT2D eigenvalue weighted by atomic mass is 10.0. The molecule has 2 nitrogen and oxygen atoms in total. The van der Waals surface area contributed by atoms with Gasteiger partial charge in [0.1, 0.15) is 0 Å². The van der Waals surface area contributed by atoms with E-state index in [4.69, 9.17) is 11.6 Å². The molecular formula is C15H25ClN2. The molecule has 0 aromatic heterocycles. The number of hydrogen-bond acceptors (Lipinski definition) is 2. The van der Waals surface area contributed by atoms with Gasteiger partial charge >= 0.3 is 0 Å². The smallest absolute Gasteiger partial charge is 0.0406 e. The summed E-state index contributed by atoms with van der Waals surface area (Å²) in [6.07, 6.45) is 1.11. The number of hydrogen-bond donors (Lipinski definition) is 1. The predicted molar refractivity (Wildman–Crippen MR) is 80.2 cm³/mol. The summed E-state index contributed by atoms with van der Waals surface area (Å²) in [5, 5.41) is 4.17. The number of nitrogens with zero attached hydrogens (tertiary/aromatic N) is 1. The van der Waals surface area contributed by atoms with E-state index in [-0.39, 0.29) is 0 Å². The Balaban J connectivity index is 2.49. The second kappa shape index (κ2) is 7.78. The molecule has 0 aliphatic carbocycles. The monoisotopic (exact) mass is 268 g/mol. The fourth-order valence-electron chi connectivity index (χ4n) is 2.24. The van der Waals surface area contributed by atoms with Gasteiger partial charge in [-0.3, -0.25) is 0 Å². The normalized spacial score (nSPS) is 13.3. The van der Waals surface area contributed by atoms with Gasteiger partial charge in [0, 0.05) is 17.6 Å². The third-order valence-electron chi connectivity index (χ3n) is 3.10. The lowest BCUT2D eigenvalue weighted by molar-refractivity contribution is 0.279. The fourth-order valence-corrected chi connectivity index (χ4v) is 2.36. The average Bonchev–Trinajstić information content (AvgIpc) is 2.31. The molecule has 1 aromatic rings. The van der Waals surface area contributed by atoms with Crippen LogP contribution in [0.5, 0.6) is 0 Å². The molecule has 3 heteroatoms. The Hall–Kier alpha value is -0.570. The Kier molecular flexibility index (Phi) is 6.69. The van der Waals surface area contributed by atoms with Crippen molar-refractivity contribution in [3.63, 3.8) is 0 Å². The molecule has 0 saturated heterocycles. The maximum atomic E-state index is 5.92. The number of rotatable bonds is 7. The molecule has 1 aromatic carbocycles. The van der Waals surface area contributed by atoms with Crippen molar-refractivity contribution in [1.29, 1.82) is 0 Å². The molecule has 0 aliphatic heterocycles. The molecule has 1 N–H and O–H groups in total.